The molecule has 0 saturated carbocycles. The maximum absolute atomic E-state index is 13.8. The summed E-state index contributed by atoms with van der Waals surface area (Å²) in [5, 5.41) is 12.5. The van der Waals surface area contributed by atoms with Crippen molar-refractivity contribution in [3.63, 3.8) is 0 Å². The Morgan fingerprint density at radius 3 is 1.73 bits per heavy atom. The molecular formula is C44H38BBr3Cl3F2IK2O5S3. The molecule has 8 rings (SSSR count). The second kappa shape index (κ2) is 30.0. The van der Waals surface area contributed by atoms with Gasteiger partial charge in [-0.2, -0.15) is 0 Å². The van der Waals surface area contributed by atoms with Crippen LogP contribution in [0.25, 0.3) is 31.3 Å². The van der Waals surface area contributed by atoms with E-state index in [0.717, 1.165) is 30.3 Å². The molecule has 0 bridgehead atoms. The number of hydrogen-bond donors (Lipinski definition) is 2. The van der Waals surface area contributed by atoms with Gasteiger partial charge >= 0.3 is 110 Å². The first-order chi connectivity index (χ1) is 28.7. The average molecular weight is 1340 g/mol. The summed E-state index contributed by atoms with van der Waals surface area (Å²) < 4.78 is 43.9. The van der Waals surface area contributed by atoms with Gasteiger partial charge in [0, 0.05) is 64.0 Å². The molecule has 0 amide bonds. The van der Waals surface area contributed by atoms with Gasteiger partial charge in [0.25, 0.3) is 6.47 Å². The number of thiol groups is 2. The van der Waals surface area contributed by atoms with E-state index in [1.165, 1.54) is 32.3 Å². The second-order valence-corrected chi connectivity index (χ2v) is 20.6. The summed E-state index contributed by atoms with van der Waals surface area (Å²) in [6, 6.07) is 33.5. The molecule has 64 heavy (non-hydrogen) atoms. The molecule has 1 aliphatic heterocycles. The molecule has 330 valence electrons. The predicted molar refractivity (Wildman–Crippen MR) is 280 cm³/mol. The van der Waals surface area contributed by atoms with Crippen molar-refractivity contribution >= 4 is 181 Å². The molecule has 0 spiro atoms. The SMILES string of the molecule is C.CC1(C)OB(c2ccccc2S)OC1(C)C.Clc1cc(Br)c2c(c1)sc1ccccc12.Fc1cc(Cl)cc(Br)c1-c1ccccc1S.Fc1cc(Cl)cc(Br)c1I.O=CO[O-].[H-].[K+].[K+]. The molecule has 2 heterocycles. The van der Waals surface area contributed by atoms with Crippen molar-refractivity contribution in [2.24, 2.45) is 0 Å². The molecule has 0 atom stereocenters. The Morgan fingerprint density at radius 1 is 0.734 bits per heavy atom. The van der Waals surface area contributed by atoms with Crippen LogP contribution in [0.2, 0.25) is 15.1 Å². The van der Waals surface area contributed by atoms with Crippen molar-refractivity contribution in [1.29, 1.82) is 0 Å². The van der Waals surface area contributed by atoms with Gasteiger partial charge in [0.15, 0.2) is 0 Å². The Balaban J connectivity index is 0.000000810. The Kier molecular flexibility index (Phi) is 29.9. The molecule has 0 aliphatic carbocycles. The topological polar surface area (TPSA) is 67.8 Å². The smallest absolute Gasteiger partial charge is 1.00 e. The van der Waals surface area contributed by atoms with E-state index in [-0.39, 0.29) is 148 Å². The maximum atomic E-state index is 13.8. The number of carbonyl (C=O) groups excluding carboxylic acids is 1. The van der Waals surface area contributed by atoms with E-state index in [1.807, 2.05) is 111 Å². The molecule has 7 aromatic rings. The maximum Gasteiger partial charge on any atom is 1.00 e. The fraction of sp³-hybridized carbons (Fsp3) is 0.159. The van der Waals surface area contributed by atoms with Crippen LogP contribution in [-0.2, 0) is 19.0 Å². The molecule has 1 saturated heterocycles. The van der Waals surface area contributed by atoms with Gasteiger partial charge in [0.2, 0.25) is 0 Å². The van der Waals surface area contributed by atoms with E-state index < -0.39 is 0 Å². The average Bonchev–Trinajstić information content (AvgIpc) is 3.67. The molecular weight excluding hydrogens is 1300 g/mol. The van der Waals surface area contributed by atoms with Crippen molar-refractivity contribution in [2.45, 2.75) is 56.1 Å². The van der Waals surface area contributed by atoms with Crippen molar-refractivity contribution < 1.29 is 137 Å². The first-order valence-electron chi connectivity index (χ1n) is 17.6. The summed E-state index contributed by atoms with van der Waals surface area (Å²) in [6.07, 6.45) is 0. The van der Waals surface area contributed by atoms with E-state index in [1.54, 1.807) is 23.5 Å². The van der Waals surface area contributed by atoms with Crippen molar-refractivity contribution in [2.75, 3.05) is 0 Å². The predicted octanol–water partition coefficient (Wildman–Crippen LogP) is 9.98. The van der Waals surface area contributed by atoms with Gasteiger partial charge in [0.05, 0.1) is 14.8 Å². The van der Waals surface area contributed by atoms with Gasteiger partial charge in [0.1, 0.15) is 11.6 Å². The minimum Gasteiger partial charge on any atom is -1.00 e. The van der Waals surface area contributed by atoms with Gasteiger partial charge in [-0.15, -0.1) is 36.6 Å². The summed E-state index contributed by atoms with van der Waals surface area (Å²) in [5.74, 6) is -0.652. The molecule has 20 heteroatoms. The van der Waals surface area contributed by atoms with E-state index >= 15 is 0 Å². The number of carbonyl (C=O) groups is 1. The van der Waals surface area contributed by atoms with Crippen molar-refractivity contribution in [3.8, 4) is 11.1 Å². The molecule has 0 radical (unpaired) electrons. The van der Waals surface area contributed by atoms with Gasteiger partial charge < -0.3 is 20.9 Å². The monoisotopic (exact) mass is 1340 g/mol. The van der Waals surface area contributed by atoms with Crippen molar-refractivity contribution in [3.05, 3.63) is 153 Å². The zero-order valence-electron chi connectivity index (χ0n) is 35.3. The summed E-state index contributed by atoms with van der Waals surface area (Å²) in [4.78, 5) is 12.9. The molecule has 1 aliphatic rings. The van der Waals surface area contributed by atoms with E-state index in [2.05, 4.69) is 102 Å². The van der Waals surface area contributed by atoms with Crippen LogP contribution in [0.15, 0.2) is 132 Å². The first-order valence-corrected chi connectivity index (χ1v) is 23.9. The minimum absolute atomic E-state index is 0. The Morgan fingerprint density at radius 2 is 1.20 bits per heavy atom. The molecule has 5 nitrogen and oxygen atoms in total. The third-order valence-electron chi connectivity index (χ3n) is 9.01. The molecule has 1 aromatic heterocycles. The van der Waals surface area contributed by atoms with Crippen LogP contribution in [0.3, 0.4) is 0 Å². The molecule has 0 unspecified atom stereocenters. The number of halogens is 9. The zero-order valence-corrected chi connectivity index (χ0v) is 52.3. The third kappa shape index (κ3) is 17.8. The number of rotatable bonds is 3. The third-order valence-corrected chi connectivity index (χ3v) is 15.3. The summed E-state index contributed by atoms with van der Waals surface area (Å²) in [7, 11) is -0.321. The Labute approximate surface area is 528 Å². The van der Waals surface area contributed by atoms with Gasteiger partial charge in [-0.25, -0.2) is 8.78 Å². The van der Waals surface area contributed by atoms with Crippen LogP contribution in [0, 0.1) is 15.2 Å². The van der Waals surface area contributed by atoms with Crippen molar-refractivity contribution in [1.82, 2.24) is 0 Å². The fourth-order valence-corrected chi connectivity index (χ4v) is 10.4. The quantitative estimate of drug-likeness (QED) is 0.0270. The Hall–Kier alpha value is 1.83. The van der Waals surface area contributed by atoms with Gasteiger partial charge in [-0.3, -0.25) is 4.79 Å². The number of fused-ring (bicyclic) bond motifs is 3. The molecule has 1 fully saturated rings. The Bertz CT molecular complexity index is 2600. The normalized spacial score (nSPS) is 12.8. The summed E-state index contributed by atoms with van der Waals surface area (Å²) in [5.41, 5.74) is 1.62. The van der Waals surface area contributed by atoms with Crippen LogP contribution >= 0.6 is 142 Å². The summed E-state index contributed by atoms with van der Waals surface area (Å²) >= 11 is 39.8. The summed E-state index contributed by atoms with van der Waals surface area (Å²) in [6.45, 7) is 8.02. The first kappa shape index (κ1) is 63.8. The zero-order chi connectivity index (χ0) is 45.2. The second-order valence-electron chi connectivity index (χ2n) is 13.6. The van der Waals surface area contributed by atoms with Crippen LogP contribution in [0.5, 0.6) is 0 Å². The van der Waals surface area contributed by atoms with Crippen LogP contribution in [-0.4, -0.2) is 24.8 Å². The van der Waals surface area contributed by atoms with Crippen LogP contribution in [0.1, 0.15) is 36.5 Å². The van der Waals surface area contributed by atoms with Gasteiger partial charge in [-0.05, 0) is 148 Å². The van der Waals surface area contributed by atoms with Crippen LogP contribution < -0.4 is 113 Å². The number of hydrogen-bond acceptors (Lipinski definition) is 8. The van der Waals surface area contributed by atoms with E-state index in [9.17, 15) is 8.78 Å². The largest absolute Gasteiger partial charge is 1.00 e. The van der Waals surface area contributed by atoms with E-state index in [0.29, 0.717) is 28.1 Å². The molecule has 6 aromatic carbocycles. The van der Waals surface area contributed by atoms with Crippen LogP contribution in [0.4, 0.5) is 8.78 Å². The standard InChI is InChI=1S/C12H17BO2S.C12H7BrClFS.C12H6BrClS.C6H2BrClFI.CH2O3.CH4.2K.H/c1-11(2)12(3,4)15-13(14-11)9-7-5-6-8-10(9)16;13-9-5-7(14)6-10(15)12(9)8-3-1-2-4-11(8)16;13-9-5-7(14)6-11-12(9)8-3-1-2-4-10(8)15-11;7-4-1-3(8)2-5(9)6(4)10;2-1-4-3;;;;/h5-8,16H,1-4H3;1-6,16H;1-6H;1-2H;1,3H;1H4;;;/q;;;;;;2*+1;-1/p-1. The molecule has 0 N–H and O–H groups in total. The number of benzene rings is 6. The fourth-order valence-electron chi connectivity index (χ4n) is 5.44. The number of thiophene rings is 1. The minimum atomic E-state index is -0.360. The van der Waals surface area contributed by atoms with E-state index in [4.69, 9.17) is 54.2 Å². The van der Waals surface area contributed by atoms with Gasteiger partial charge in [-0.1, -0.05) is 113 Å².